The smallest absolute Gasteiger partial charge is 0.123 e. The zero-order valence-electron chi connectivity index (χ0n) is 11.7. The van der Waals surface area contributed by atoms with Crippen LogP contribution in [0.15, 0.2) is 24.3 Å². The van der Waals surface area contributed by atoms with Gasteiger partial charge < -0.3 is 5.32 Å². The van der Waals surface area contributed by atoms with Gasteiger partial charge in [0.25, 0.3) is 0 Å². The molecule has 1 saturated carbocycles. The van der Waals surface area contributed by atoms with E-state index in [0.717, 1.165) is 37.7 Å². The Labute approximate surface area is 115 Å². The molecule has 1 unspecified atom stereocenters. The van der Waals surface area contributed by atoms with Gasteiger partial charge in [-0.2, -0.15) is 0 Å². The molecule has 1 saturated heterocycles. The fourth-order valence-corrected chi connectivity index (χ4v) is 3.30. The Bertz CT molecular complexity index is 444. The summed E-state index contributed by atoms with van der Waals surface area (Å²) in [6, 6.07) is 7.01. The second-order valence-corrected chi connectivity index (χ2v) is 6.31. The molecule has 1 aromatic carbocycles. The van der Waals surface area contributed by atoms with Crippen molar-refractivity contribution in [1.29, 1.82) is 0 Å². The van der Waals surface area contributed by atoms with Crippen molar-refractivity contribution in [2.45, 2.75) is 38.3 Å². The SMILES string of the molecule is CC1(C2CC2)CN(Cc2cccc(F)c2)CCCN1. The molecule has 0 spiro atoms. The molecular formula is C16H23FN2. The Kier molecular flexibility index (Phi) is 3.59. The van der Waals surface area contributed by atoms with E-state index in [4.69, 9.17) is 0 Å². The van der Waals surface area contributed by atoms with Gasteiger partial charge in [0.05, 0.1) is 0 Å². The first-order valence-corrected chi connectivity index (χ1v) is 7.37. The molecule has 3 heteroatoms. The molecule has 2 nitrogen and oxygen atoms in total. The zero-order chi connectivity index (χ0) is 13.3. The van der Waals surface area contributed by atoms with Crippen LogP contribution in [0.5, 0.6) is 0 Å². The molecule has 19 heavy (non-hydrogen) atoms. The first kappa shape index (κ1) is 13.1. The Morgan fingerprint density at radius 1 is 1.42 bits per heavy atom. The van der Waals surface area contributed by atoms with E-state index in [9.17, 15) is 4.39 Å². The molecule has 3 rings (SSSR count). The van der Waals surface area contributed by atoms with Gasteiger partial charge in [-0.25, -0.2) is 4.39 Å². The van der Waals surface area contributed by atoms with Crippen LogP contribution in [-0.2, 0) is 6.54 Å². The van der Waals surface area contributed by atoms with Gasteiger partial charge >= 0.3 is 0 Å². The largest absolute Gasteiger partial charge is 0.310 e. The number of nitrogens with one attached hydrogen (secondary N) is 1. The first-order chi connectivity index (χ1) is 9.16. The summed E-state index contributed by atoms with van der Waals surface area (Å²) < 4.78 is 13.3. The highest BCUT2D eigenvalue weighted by Crippen LogP contribution is 2.40. The molecule has 1 aliphatic carbocycles. The van der Waals surface area contributed by atoms with Crippen molar-refractivity contribution in [2.75, 3.05) is 19.6 Å². The molecule has 1 aromatic rings. The van der Waals surface area contributed by atoms with E-state index in [1.165, 1.54) is 25.3 Å². The number of rotatable bonds is 3. The third kappa shape index (κ3) is 3.15. The van der Waals surface area contributed by atoms with E-state index >= 15 is 0 Å². The predicted molar refractivity (Wildman–Crippen MR) is 75.4 cm³/mol. The van der Waals surface area contributed by atoms with E-state index in [1.807, 2.05) is 6.07 Å². The van der Waals surface area contributed by atoms with E-state index in [1.54, 1.807) is 12.1 Å². The molecule has 1 heterocycles. The summed E-state index contributed by atoms with van der Waals surface area (Å²) >= 11 is 0. The highest BCUT2D eigenvalue weighted by molar-refractivity contribution is 5.16. The van der Waals surface area contributed by atoms with Gasteiger partial charge in [0, 0.05) is 18.6 Å². The van der Waals surface area contributed by atoms with E-state index in [0.29, 0.717) is 0 Å². The third-order valence-electron chi connectivity index (χ3n) is 4.51. The van der Waals surface area contributed by atoms with Crippen LogP contribution in [-0.4, -0.2) is 30.1 Å². The van der Waals surface area contributed by atoms with Gasteiger partial charge in [-0.05, 0) is 62.9 Å². The van der Waals surface area contributed by atoms with Crippen LogP contribution in [0.1, 0.15) is 31.7 Å². The van der Waals surface area contributed by atoms with Crippen LogP contribution in [0.25, 0.3) is 0 Å². The molecule has 1 aliphatic heterocycles. The molecule has 1 N–H and O–H groups in total. The standard InChI is InChI=1S/C16H23FN2/c1-16(14-6-7-14)12-19(9-3-8-18-16)11-13-4-2-5-15(17)10-13/h2,4-5,10,14,18H,3,6-9,11-12H2,1H3. The van der Waals surface area contributed by atoms with Gasteiger partial charge in [-0.15, -0.1) is 0 Å². The lowest BCUT2D eigenvalue weighted by atomic mass is 9.95. The minimum absolute atomic E-state index is 0.129. The van der Waals surface area contributed by atoms with Crippen LogP contribution in [0.2, 0.25) is 0 Å². The van der Waals surface area contributed by atoms with Crippen molar-refractivity contribution >= 4 is 0 Å². The zero-order valence-corrected chi connectivity index (χ0v) is 11.7. The maximum atomic E-state index is 13.3. The number of hydrogen-bond acceptors (Lipinski definition) is 2. The summed E-state index contributed by atoms with van der Waals surface area (Å²) in [6.07, 6.45) is 3.90. The lowest BCUT2D eigenvalue weighted by molar-refractivity contribution is 0.195. The van der Waals surface area contributed by atoms with Gasteiger partial charge in [-0.3, -0.25) is 4.90 Å². The number of halogens is 1. The maximum Gasteiger partial charge on any atom is 0.123 e. The van der Waals surface area contributed by atoms with Crippen LogP contribution >= 0.6 is 0 Å². The molecule has 104 valence electrons. The summed E-state index contributed by atoms with van der Waals surface area (Å²) in [6.45, 7) is 6.50. The van der Waals surface area contributed by atoms with E-state index in [2.05, 4.69) is 17.1 Å². The Morgan fingerprint density at radius 3 is 3.00 bits per heavy atom. The van der Waals surface area contributed by atoms with Crippen molar-refractivity contribution in [3.05, 3.63) is 35.6 Å². The van der Waals surface area contributed by atoms with Crippen molar-refractivity contribution in [2.24, 2.45) is 5.92 Å². The maximum absolute atomic E-state index is 13.3. The molecular weight excluding hydrogens is 239 g/mol. The summed E-state index contributed by atoms with van der Waals surface area (Å²) in [7, 11) is 0. The molecule has 0 aromatic heterocycles. The van der Waals surface area contributed by atoms with E-state index < -0.39 is 0 Å². The quantitative estimate of drug-likeness (QED) is 0.901. The fraction of sp³-hybridized carbons (Fsp3) is 0.625. The normalized spacial score (nSPS) is 29.2. The summed E-state index contributed by atoms with van der Waals surface area (Å²) in [5, 5.41) is 3.73. The number of hydrogen-bond donors (Lipinski definition) is 1. The summed E-state index contributed by atoms with van der Waals surface area (Å²) in [5.41, 5.74) is 1.34. The van der Waals surface area contributed by atoms with E-state index in [-0.39, 0.29) is 11.4 Å². The highest BCUT2D eigenvalue weighted by Gasteiger charge is 2.42. The van der Waals surface area contributed by atoms with Gasteiger partial charge in [-0.1, -0.05) is 12.1 Å². The minimum atomic E-state index is -0.129. The summed E-state index contributed by atoms with van der Waals surface area (Å²) in [5.74, 6) is 0.705. The van der Waals surface area contributed by atoms with Crippen LogP contribution in [0, 0.1) is 11.7 Å². The van der Waals surface area contributed by atoms with Gasteiger partial charge in [0.2, 0.25) is 0 Å². The minimum Gasteiger partial charge on any atom is -0.310 e. The molecule has 2 aliphatic rings. The first-order valence-electron chi connectivity index (χ1n) is 7.37. The lowest BCUT2D eigenvalue weighted by Gasteiger charge is -2.34. The average Bonchev–Trinajstić information content (AvgIpc) is 3.17. The fourth-order valence-electron chi connectivity index (χ4n) is 3.30. The lowest BCUT2D eigenvalue weighted by Crippen LogP contribution is -2.50. The van der Waals surface area contributed by atoms with Crippen molar-refractivity contribution in [1.82, 2.24) is 10.2 Å². The van der Waals surface area contributed by atoms with Crippen molar-refractivity contribution < 1.29 is 4.39 Å². The van der Waals surface area contributed by atoms with Crippen molar-refractivity contribution in [3.63, 3.8) is 0 Å². The monoisotopic (exact) mass is 262 g/mol. The summed E-state index contributed by atoms with van der Waals surface area (Å²) in [4.78, 5) is 2.48. The topological polar surface area (TPSA) is 15.3 Å². The van der Waals surface area contributed by atoms with Crippen molar-refractivity contribution in [3.8, 4) is 0 Å². The Morgan fingerprint density at radius 2 is 2.26 bits per heavy atom. The third-order valence-corrected chi connectivity index (χ3v) is 4.51. The van der Waals surface area contributed by atoms with Crippen LogP contribution in [0.4, 0.5) is 4.39 Å². The molecule has 0 bridgehead atoms. The number of nitrogens with zero attached hydrogens (tertiary/aromatic N) is 1. The molecule has 1 atom stereocenters. The second-order valence-electron chi connectivity index (χ2n) is 6.31. The van der Waals surface area contributed by atoms with Crippen LogP contribution in [0.3, 0.4) is 0 Å². The Hall–Kier alpha value is -0.930. The predicted octanol–water partition coefficient (Wildman–Crippen LogP) is 2.79. The van der Waals surface area contributed by atoms with Gasteiger partial charge in [0.1, 0.15) is 5.82 Å². The Balaban J connectivity index is 1.69. The molecule has 0 amide bonds. The van der Waals surface area contributed by atoms with Gasteiger partial charge in [0.15, 0.2) is 0 Å². The van der Waals surface area contributed by atoms with Crippen LogP contribution < -0.4 is 5.32 Å². The highest BCUT2D eigenvalue weighted by atomic mass is 19.1. The molecule has 2 fully saturated rings. The average molecular weight is 262 g/mol. The second kappa shape index (κ2) is 5.22. The number of benzene rings is 1. The molecule has 0 radical (unpaired) electrons.